The molecule has 3 aromatic rings. The van der Waals surface area contributed by atoms with Gasteiger partial charge >= 0.3 is 0 Å². The first kappa shape index (κ1) is 12.9. The van der Waals surface area contributed by atoms with Gasteiger partial charge in [-0.1, -0.05) is 36.5 Å². The second kappa shape index (κ2) is 5.92. The van der Waals surface area contributed by atoms with Crippen molar-refractivity contribution < 1.29 is 0 Å². The molecule has 3 rings (SSSR count). The summed E-state index contributed by atoms with van der Waals surface area (Å²) < 4.78 is 1.20. The second-order valence-corrected chi connectivity index (χ2v) is 5.65. The Kier molecular flexibility index (Phi) is 3.83. The van der Waals surface area contributed by atoms with E-state index in [4.69, 9.17) is 0 Å². The van der Waals surface area contributed by atoms with Crippen LogP contribution < -0.4 is 10.6 Å². The van der Waals surface area contributed by atoms with Crippen molar-refractivity contribution in [3.05, 3.63) is 48.5 Å². The second-order valence-electron chi connectivity index (χ2n) is 4.62. The van der Waals surface area contributed by atoms with E-state index in [1.807, 2.05) is 18.2 Å². The van der Waals surface area contributed by atoms with Crippen LogP contribution >= 0.6 is 11.3 Å². The van der Waals surface area contributed by atoms with Gasteiger partial charge in [0, 0.05) is 17.9 Å². The van der Waals surface area contributed by atoms with Crippen molar-refractivity contribution in [1.82, 2.24) is 4.98 Å². The number of anilines is 3. The lowest BCUT2D eigenvalue weighted by molar-refractivity contribution is 0.977. The normalized spacial score (nSPS) is 10.7. The van der Waals surface area contributed by atoms with E-state index in [2.05, 4.69) is 52.9 Å². The minimum absolute atomic E-state index is 0.967. The van der Waals surface area contributed by atoms with Crippen LogP contribution in [0.2, 0.25) is 0 Å². The molecule has 0 spiro atoms. The molecule has 0 aliphatic rings. The smallest absolute Gasteiger partial charge is 0.183 e. The summed E-state index contributed by atoms with van der Waals surface area (Å²) >= 11 is 1.70. The lowest BCUT2D eigenvalue weighted by Crippen LogP contribution is -1.98. The highest BCUT2D eigenvalue weighted by Gasteiger charge is 2.04. The van der Waals surface area contributed by atoms with E-state index >= 15 is 0 Å². The van der Waals surface area contributed by atoms with Gasteiger partial charge in [0.2, 0.25) is 0 Å². The van der Waals surface area contributed by atoms with E-state index in [9.17, 15) is 0 Å². The number of nitrogens with zero attached hydrogens (tertiary/aromatic N) is 1. The Bertz CT molecular complexity index is 691. The zero-order chi connectivity index (χ0) is 13.8. The van der Waals surface area contributed by atoms with Crippen LogP contribution in [-0.2, 0) is 0 Å². The zero-order valence-corrected chi connectivity index (χ0v) is 12.2. The van der Waals surface area contributed by atoms with Gasteiger partial charge in [0.25, 0.3) is 0 Å². The van der Waals surface area contributed by atoms with Crippen LogP contribution in [0.15, 0.2) is 48.5 Å². The van der Waals surface area contributed by atoms with Gasteiger partial charge in [-0.2, -0.15) is 0 Å². The molecule has 102 valence electrons. The van der Waals surface area contributed by atoms with Gasteiger partial charge in [0.15, 0.2) is 5.13 Å². The van der Waals surface area contributed by atoms with Crippen molar-refractivity contribution in [2.75, 3.05) is 17.2 Å². The van der Waals surface area contributed by atoms with Crippen LogP contribution in [-0.4, -0.2) is 11.5 Å². The van der Waals surface area contributed by atoms with Gasteiger partial charge in [-0.15, -0.1) is 0 Å². The summed E-state index contributed by atoms with van der Waals surface area (Å²) in [6.07, 6.45) is 1.11. The first-order chi connectivity index (χ1) is 9.85. The number of thiazole rings is 1. The Hall–Kier alpha value is -2.07. The molecule has 0 bridgehead atoms. The standard InChI is InChI=1S/C16H17N3S/c1-2-10-17-16-19-14-9-8-13(11-15(14)20-16)18-12-6-4-3-5-7-12/h3-9,11,18H,2,10H2,1H3,(H,17,19). The Labute approximate surface area is 122 Å². The number of fused-ring (bicyclic) bond motifs is 1. The fourth-order valence-corrected chi connectivity index (χ4v) is 2.93. The average molecular weight is 283 g/mol. The Balaban J connectivity index is 1.83. The lowest BCUT2D eigenvalue weighted by atomic mass is 10.2. The molecule has 0 saturated carbocycles. The third-order valence-corrected chi connectivity index (χ3v) is 3.95. The molecular weight excluding hydrogens is 266 g/mol. The molecule has 2 N–H and O–H groups in total. The first-order valence-corrected chi connectivity index (χ1v) is 7.63. The van der Waals surface area contributed by atoms with E-state index < -0.39 is 0 Å². The Morgan fingerprint density at radius 3 is 2.70 bits per heavy atom. The topological polar surface area (TPSA) is 37.0 Å². The van der Waals surface area contributed by atoms with E-state index in [0.717, 1.165) is 35.0 Å². The van der Waals surface area contributed by atoms with Gasteiger partial charge < -0.3 is 10.6 Å². The highest BCUT2D eigenvalue weighted by molar-refractivity contribution is 7.22. The van der Waals surface area contributed by atoms with E-state index in [1.54, 1.807) is 11.3 Å². The van der Waals surface area contributed by atoms with E-state index in [-0.39, 0.29) is 0 Å². The third kappa shape index (κ3) is 2.91. The summed E-state index contributed by atoms with van der Waals surface area (Å²) in [5, 5.41) is 7.75. The maximum Gasteiger partial charge on any atom is 0.183 e. The quantitative estimate of drug-likeness (QED) is 0.702. The van der Waals surface area contributed by atoms with Crippen LogP contribution in [0.4, 0.5) is 16.5 Å². The molecule has 0 amide bonds. The van der Waals surface area contributed by atoms with Crippen molar-refractivity contribution in [2.45, 2.75) is 13.3 Å². The summed E-state index contributed by atoms with van der Waals surface area (Å²) in [5.41, 5.74) is 3.24. The fourth-order valence-electron chi connectivity index (χ4n) is 2.00. The molecular formula is C16H17N3S. The van der Waals surface area contributed by atoms with E-state index in [1.165, 1.54) is 4.70 Å². The molecule has 0 aliphatic heterocycles. The summed E-state index contributed by atoms with van der Waals surface area (Å²) in [4.78, 5) is 4.58. The summed E-state index contributed by atoms with van der Waals surface area (Å²) in [7, 11) is 0. The van der Waals surface area contributed by atoms with Gasteiger partial charge in [-0.05, 0) is 36.8 Å². The zero-order valence-electron chi connectivity index (χ0n) is 11.4. The SMILES string of the molecule is CCCNc1nc2ccc(Nc3ccccc3)cc2s1. The van der Waals surface area contributed by atoms with Gasteiger partial charge in [-0.3, -0.25) is 0 Å². The minimum atomic E-state index is 0.967. The number of rotatable bonds is 5. The number of aromatic nitrogens is 1. The minimum Gasteiger partial charge on any atom is -0.361 e. The number of hydrogen-bond acceptors (Lipinski definition) is 4. The lowest BCUT2D eigenvalue weighted by Gasteiger charge is -2.05. The van der Waals surface area contributed by atoms with Crippen molar-refractivity contribution in [1.29, 1.82) is 0 Å². The van der Waals surface area contributed by atoms with E-state index in [0.29, 0.717) is 0 Å². The molecule has 0 radical (unpaired) electrons. The molecule has 0 aliphatic carbocycles. The van der Waals surface area contributed by atoms with Crippen molar-refractivity contribution in [2.24, 2.45) is 0 Å². The molecule has 2 aromatic carbocycles. The molecule has 20 heavy (non-hydrogen) atoms. The maximum atomic E-state index is 4.58. The maximum absolute atomic E-state index is 4.58. The van der Waals surface area contributed by atoms with Crippen LogP contribution in [0.5, 0.6) is 0 Å². The summed E-state index contributed by atoms with van der Waals surface area (Å²) in [6.45, 7) is 3.12. The molecule has 0 unspecified atom stereocenters. The number of nitrogens with one attached hydrogen (secondary N) is 2. The van der Waals surface area contributed by atoms with Crippen LogP contribution in [0.3, 0.4) is 0 Å². The largest absolute Gasteiger partial charge is 0.361 e. The molecule has 0 fully saturated rings. The monoisotopic (exact) mass is 283 g/mol. The van der Waals surface area contributed by atoms with Crippen molar-refractivity contribution in [3.63, 3.8) is 0 Å². The predicted octanol–water partition coefficient (Wildman–Crippen LogP) is 4.86. The molecule has 0 saturated heterocycles. The Morgan fingerprint density at radius 1 is 1.05 bits per heavy atom. The van der Waals surface area contributed by atoms with Gasteiger partial charge in [-0.25, -0.2) is 4.98 Å². The van der Waals surface area contributed by atoms with Crippen molar-refractivity contribution >= 4 is 38.1 Å². The summed E-state index contributed by atoms with van der Waals surface area (Å²) in [6, 6.07) is 16.5. The average Bonchev–Trinajstić information content (AvgIpc) is 2.88. The van der Waals surface area contributed by atoms with Gasteiger partial charge in [0.05, 0.1) is 10.2 Å². The first-order valence-electron chi connectivity index (χ1n) is 6.81. The molecule has 1 heterocycles. The van der Waals surface area contributed by atoms with Gasteiger partial charge in [0.1, 0.15) is 0 Å². The third-order valence-electron chi connectivity index (χ3n) is 2.98. The highest BCUT2D eigenvalue weighted by Crippen LogP contribution is 2.29. The van der Waals surface area contributed by atoms with Crippen LogP contribution in [0.1, 0.15) is 13.3 Å². The highest BCUT2D eigenvalue weighted by atomic mass is 32.1. The predicted molar refractivity (Wildman–Crippen MR) is 88.1 cm³/mol. The fraction of sp³-hybridized carbons (Fsp3) is 0.188. The van der Waals surface area contributed by atoms with Crippen molar-refractivity contribution in [3.8, 4) is 0 Å². The number of hydrogen-bond donors (Lipinski definition) is 2. The molecule has 1 aromatic heterocycles. The Morgan fingerprint density at radius 2 is 1.90 bits per heavy atom. The summed E-state index contributed by atoms with van der Waals surface area (Å²) in [5.74, 6) is 0. The molecule has 0 atom stereocenters. The van der Waals surface area contributed by atoms with Crippen LogP contribution in [0, 0.1) is 0 Å². The number of benzene rings is 2. The molecule has 3 nitrogen and oxygen atoms in total. The van der Waals surface area contributed by atoms with Crippen LogP contribution in [0.25, 0.3) is 10.2 Å². The number of para-hydroxylation sites is 1. The molecule has 4 heteroatoms.